The molecule has 1 saturated heterocycles. The van der Waals surface area contributed by atoms with Crippen LogP contribution in [0.3, 0.4) is 0 Å². The number of benzene rings is 1. The number of nitrogens with zero attached hydrogens (tertiary/aromatic N) is 3. The minimum atomic E-state index is -0.567. The molecule has 0 spiro atoms. The first-order valence-corrected chi connectivity index (χ1v) is 5.73. The first-order valence-electron chi connectivity index (χ1n) is 5.32. The van der Waals surface area contributed by atoms with Crippen molar-refractivity contribution in [3.63, 3.8) is 0 Å². The summed E-state index contributed by atoms with van der Waals surface area (Å²) in [7, 11) is 0. The highest BCUT2D eigenvalue weighted by molar-refractivity contribution is 7.80. The van der Waals surface area contributed by atoms with E-state index in [-0.39, 0.29) is 10.8 Å². The lowest BCUT2D eigenvalue weighted by Crippen LogP contribution is -2.28. The van der Waals surface area contributed by atoms with Crippen molar-refractivity contribution in [1.82, 2.24) is 5.59 Å². The molecule has 1 aromatic carbocycles. The van der Waals surface area contributed by atoms with Crippen LogP contribution in [0.4, 0.5) is 5.69 Å². The minimum absolute atomic E-state index is 0.113. The maximum absolute atomic E-state index is 11.5. The fourth-order valence-electron chi connectivity index (χ4n) is 1.42. The third kappa shape index (κ3) is 3.12. The molecule has 0 aromatic heterocycles. The van der Waals surface area contributed by atoms with Crippen LogP contribution < -0.4 is 16.3 Å². The third-order valence-corrected chi connectivity index (χ3v) is 2.39. The summed E-state index contributed by atoms with van der Waals surface area (Å²) >= 11 is 4.55. The molecule has 8 heteroatoms. The second-order valence-electron chi connectivity index (χ2n) is 3.72. The van der Waals surface area contributed by atoms with Crippen molar-refractivity contribution >= 4 is 29.0 Å². The molecule has 2 rings (SSSR count). The molecule has 98 valence electrons. The average Bonchev–Trinajstić information content (AvgIpc) is 2.72. The van der Waals surface area contributed by atoms with Crippen molar-refractivity contribution in [2.75, 3.05) is 5.01 Å². The second kappa shape index (κ2) is 5.55. The van der Waals surface area contributed by atoms with Gasteiger partial charge in [-0.15, -0.1) is 5.11 Å². The first kappa shape index (κ1) is 13.1. The van der Waals surface area contributed by atoms with E-state index < -0.39 is 5.97 Å². The van der Waals surface area contributed by atoms with Gasteiger partial charge in [0.25, 0.3) is 0 Å². The number of carbonyl (C=O) groups excluding carboxylic acids is 1. The molecule has 3 N–H and O–H groups in total. The number of anilines is 1. The molecule has 0 amide bonds. The van der Waals surface area contributed by atoms with Crippen molar-refractivity contribution in [3.05, 3.63) is 41.7 Å². The summed E-state index contributed by atoms with van der Waals surface area (Å²) in [6, 6.07) is 7.49. The zero-order chi connectivity index (χ0) is 13.8. The van der Waals surface area contributed by atoms with Gasteiger partial charge in [0.05, 0.1) is 11.9 Å². The number of nitrogens with one attached hydrogen (secondary N) is 1. The molecule has 1 aliphatic rings. The average molecular weight is 277 g/mol. The van der Waals surface area contributed by atoms with Crippen molar-refractivity contribution in [2.45, 2.75) is 6.92 Å². The Balaban J connectivity index is 2.26. The summed E-state index contributed by atoms with van der Waals surface area (Å²) in [6.07, 6.45) is 1.22. The van der Waals surface area contributed by atoms with E-state index in [0.29, 0.717) is 0 Å². The van der Waals surface area contributed by atoms with Gasteiger partial charge in [-0.2, -0.15) is 5.11 Å². The minimum Gasteiger partial charge on any atom is -0.373 e. The first-order chi connectivity index (χ1) is 9.08. The second-order valence-corrected chi connectivity index (χ2v) is 4.14. The van der Waals surface area contributed by atoms with Crippen LogP contribution in [0.5, 0.6) is 0 Å². The number of thiocarbonyl (C=S) groups is 1. The molecule has 0 atom stereocenters. The van der Waals surface area contributed by atoms with E-state index in [1.807, 2.05) is 31.2 Å². The molecule has 1 aliphatic heterocycles. The van der Waals surface area contributed by atoms with Crippen molar-refractivity contribution < 1.29 is 9.63 Å². The quantitative estimate of drug-likeness (QED) is 0.481. The van der Waals surface area contributed by atoms with E-state index in [2.05, 4.69) is 28.0 Å². The number of azo groups is 1. The summed E-state index contributed by atoms with van der Waals surface area (Å²) in [5, 5.41) is 8.40. The van der Waals surface area contributed by atoms with Gasteiger partial charge in [-0.25, -0.2) is 9.80 Å². The van der Waals surface area contributed by atoms with Gasteiger partial charge in [-0.1, -0.05) is 23.3 Å². The van der Waals surface area contributed by atoms with Crippen LogP contribution in [0.25, 0.3) is 0 Å². The monoisotopic (exact) mass is 277 g/mol. The Labute approximate surface area is 114 Å². The van der Waals surface area contributed by atoms with E-state index in [1.165, 1.54) is 11.2 Å². The molecule has 0 unspecified atom stereocenters. The molecular weight excluding hydrogens is 266 g/mol. The summed E-state index contributed by atoms with van der Waals surface area (Å²) in [4.78, 5) is 16.3. The number of hydrogen-bond acceptors (Lipinski definition) is 6. The Morgan fingerprint density at radius 2 is 2.16 bits per heavy atom. The third-order valence-electron chi connectivity index (χ3n) is 2.31. The smallest absolute Gasteiger partial charge is 0.373 e. The van der Waals surface area contributed by atoms with Gasteiger partial charge < -0.3 is 10.6 Å². The maximum atomic E-state index is 11.5. The Kier molecular flexibility index (Phi) is 3.83. The molecule has 0 radical (unpaired) electrons. The lowest BCUT2D eigenvalue weighted by Gasteiger charge is -2.14. The number of aryl methyl sites for hydroxylation is 1. The number of hydrazine groups is 1. The summed E-state index contributed by atoms with van der Waals surface area (Å²) in [5.41, 5.74) is 9.67. The largest absolute Gasteiger partial charge is 0.378 e. The Morgan fingerprint density at radius 3 is 2.79 bits per heavy atom. The van der Waals surface area contributed by atoms with Gasteiger partial charge in [-0.3, -0.25) is 0 Å². The molecular formula is C11H11N5O2S. The zero-order valence-electron chi connectivity index (χ0n) is 10.0. The van der Waals surface area contributed by atoms with E-state index in [0.717, 1.165) is 11.3 Å². The lowest BCUT2D eigenvalue weighted by molar-refractivity contribution is -0.140. The molecule has 19 heavy (non-hydrogen) atoms. The summed E-state index contributed by atoms with van der Waals surface area (Å²) in [6.45, 7) is 1.97. The fraction of sp³-hybridized carbons (Fsp3) is 0.0909. The van der Waals surface area contributed by atoms with Gasteiger partial charge in [0, 0.05) is 0 Å². The van der Waals surface area contributed by atoms with Gasteiger partial charge in [0.2, 0.25) is 5.11 Å². The normalized spacial score (nSPS) is 17.2. The zero-order valence-corrected chi connectivity index (χ0v) is 10.8. The molecule has 0 saturated carbocycles. The highest BCUT2D eigenvalue weighted by Crippen LogP contribution is 2.22. The number of hydrogen-bond donors (Lipinski definition) is 2. The van der Waals surface area contributed by atoms with Crippen LogP contribution >= 0.6 is 12.2 Å². The van der Waals surface area contributed by atoms with Gasteiger partial charge in [0.1, 0.15) is 0 Å². The van der Waals surface area contributed by atoms with Crippen LogP contribution in [0.15, 0.2) is 46.4 Å². The van der Waals surface area contributed by atoms with Crippen LogP contribution in [0.2, 0.25) is 0 Å². The predicted molar refractivity (Wildman–Crippen MR) is 72.6 cm³/mol. The molecule has 0 aliphatic carbocycles. The Hall–Kier alpha value is -2.32. The number of carbonyl (C=O) groups is 1. The highest BCUT2D eigenvalue weighted by Gasteiger charge is 2.29. The summed E-state index contributed by atoms with van der Waals surface area (Å²) < 4.78 is 0. The molecule has 1 heterocycles. The maximum Gasteiger partial charge on any atom is 0.378 e. The van der Waals surface area contributed by atoms with Crippen LogP contribution in [0.1, 0.15) is 5.56 Å². The van der Waals surface area contributed by atoms with Crippen LogP contribution in [0, 0.1) is 6.92 Å². The van der Waals surface area contributed by atoms with E-state index in [9.17, 15) is 4.79 Å². The fourth-order valence-corrected chi connectivity index (χ4v) is 1.46. The standard InChI is InChI=1S/C11H11N5O2S/c1-7-2-4-8(5-3-7)16-9(10(17)18-15-16)6-13-14-11(12)19/h2-6,15H,1H3,(H2,12,19). The van der Waals surface area contributed by atoms with E-state index in [1.54, 1.807) is 0 Å². The topological polar surface area (TPSA) is 92.3 Å². The Morgan fingerprint density at radius 1 is 1.47 bits per heavy atom. The van der Waals surface area contributed by atoms with Gasteiger partial charge in [0.15, 0.2) is 5.70 Å². The van der Waals surface area contributed by atoms with Crippen LogP contribution in [-0.4, -0.2) is 11.1 Å². The van der Waals surface area contributed by atoms with Crippen molar-refractivity contribution in [3.8, 4) is 0 Å². The van der Waals surface area contributed by atoms with Crippen molar-refractivity contribution in [1.29, 1.82) is 0 Å². The number of rotatable bonds is 2. The van der Waals surface area contributed by atoms with E-state index in [4.69, 9.17) is 10.6 Å². The van der Waals surface area contributed by atoms with Crippen molar-refractivity contribution in [2.24, 2.45) is 16.0 Å². The predicted octanol–water partition coefficient (Wildman–Crippen LogP) is 1.32. The SMILES string of the molecule is Cc1ccc(N2NOC(=O)C2=CN=NC(N)=S)cc1. The summed E-state index contributed by atoms with van der Waals surface area (Å²) in [5.74, 6) is -0.567. The van der Waals surface area contributed by atoms with Gasteiger partial charge >= 0.3 is 5.97 Å². The highest BCUT2D eigenvalue weighted by atomic mass is 32.1. The molecule has 7 nitrogen and oxygen atoms in total. The van der Waals surface area contributed by atoms with Crippen LogP contribution in [-0.2, 0) is 9.63 Å². The molecule has 1 aromatic rings. The molecule has 0 bridgehead atoms. The lowest BCUT2D eigenvalue weighted by atomic mass is 10.2. The Bertz CT molecular complexity index is 567. The van der Waals surface area contributed by atoms with Gasteiger partial charge in [-0.05, 0) is 31.3 Å². The number of nitrogens with two attached hydrogens (primary N) is 1. The van der Waals surface area contributed by atoms with E-state index >= 15 is 0 Å². The molecule has 1 fully saturated rings.